The number of aliphatic imine (C=N–C) groups is 1. The molecule has 0 aliphatic carbocycles. The molecule has 0 aromatic carbocycles. The molecular weight excluding hydrogens is 270 g/mol. The Bertz CT molecular complexity index is 380. The molecule has 0 aromatic rings. The molecule has 106 valence electrons. The third kappa shape index (κ3) is 7.23. The van der Waals surface area contributed by atoms with E-state index in [-0.39, 0.29) is 0 Å². The molecular formula is C11H23N3O2S2. The summed E-state index contributed by atoms with van der Waals surface area (Å²) in [7, 11) is -3.07. The van der Waals surface area contributed by atoms with E-state index in [1.807, 2.05) is 0 Å². The van der Waals surface area contributed by atoms with Gasteiger partial charge in [0.1, 0.15) is 0 Å². The van der Waals surface area contributed by atoms with Crippen LogP contribution in [0.5, 0.6) is 0 Å². The molecule has 0 aromatic heterocycles. The Balaban J connectivity index is 2.17. The van der Waals surface area contributed by atoms with Crippen LogP contribution in [0.3, 0.4) is 0 Å². The van der Waals surface area contributed by atoms with Crippen molar-refractivity contribution in [1.82, 2.24) is 10.0 Å². The molecule has 18 heavy (non-hydrogen) atoms. The highest BCUT2D eigenvalue weighted by Gasteiger charge is 2.20. The molecule has 1 heterocycles. The summed E-state index contributed by atoms with van der Waals surface area (Å²) in [6, 6.07) is 0.530. The smallest absolute Gasteiger partial charge is 0.208 e. The van der Waals surface area contributed by atoms with Gasteiger partial charge in [-0.25, -0.2) is 13.1 Å². The molecule has 1 saturated heterocycles. The topological polar surface area (TPSA) is 70.6 Å². The van der Waals surface area contributed by atoms with Crippen molar-refractivity contribution in [3.05, 3.63) is 0 Å². The van der Waals surface area contributed by atoms with Gasteiger partial charge in [0.25, 0.3) is 0 Å². The lowest BCUT2D eigenvalue weighted by atomic mass is 10.1. The average molecular weight is 293 g/mol. The van der Waals surface area contributed by atoms with Gasteiger partial charge in [0, 0.05) is 24.9 Å². The number of hydrogen-bond donors (Lipinski definition) is 2. The van der Waals surface area contributed by atoms with Crippen LogP contribution in [-0.2, 0) is 10.0 Å². The first kappa shape index (κ1) is 15.8. The highest BCUT2D eigenvalue weighted by atomic mass is 32.2. The molecule has 0 amide bonds. The highest BCUT2D eigenvalue weighted by molar-refractivity contribution is 8.14. The molecule has 1 atom stereocenters. The van der Waals surface area contributed by atoms with E-state index in [0.29, 0.717) is 25.0 Å². The van der Waals surface area contributed by atoms with Crippen LogP contribution >= 0.6 is 11.8 Å². The van der Waals surface area contributed by atoms with Crippen LogP contribution in [0, 0.1) is 5.92 Å². The molecule has 7 heteroatoms. The van der Waals surface area contributed by atoms with Gasteiger partial charge in [-0.2, -0.15) is 0 Å². The van der Waals surface area contributed by atoms with E-state index >= 15 is 0 Å². The summed E-state index contributed by atoms with van der Waals surface area (Å²) < 4.78 is 24.1. The zero-order valence-corrected chi connectivity index (χ0v) is 12.9. The van der Waals surface area contributed by atoms with Gasteiger partial charge in [-0.3, -0.25) is 4.99 Å². The van der Waals surface area contributed by atoms with Gasteiger partial charge in [-0.15, -0.1) is 0 Å². The lowest BCUT2D eigenvalue weighted by Crippen LogP contribution is -2.28. The van der Waals surface area contributed by atoms with Crippen molar-refractivity contribution in [1.29, 1.82) is 0 Å². The van der Waals surface area contributed by atoms with Crippen LogP contribution in [0.15, 0.2) is 4.99 Å². The molecule has 2 N–H and O–H groups in total. The van der Waals surface area contributed by atoms with E-state index in [1.54, 1.807) is 11.8 Å². The Labute approximate surface area is 114 Å². The largest absolute Gasteiger partial charge is 0.361 e. The van der Waals surface area contributed by atoms with Crippen molar-refractivity contribution < 1.29 is 8.42 Å². The standard InChI is InChI=1S/C11H23N3O2S2/c1-9(2)7-10-8-17-11(14-10)12-5-4-6-13-18(3,15)16/h9-10,13H,4-8H2,1-3H3,(H,12,14). The first-order valence-electron chi connectivity index (χ1n) is 6.25. The monoisotopic (exact) mass is 293 g/mol. The number of hydrogen-bond acceptors (Lipinski definition) is 4. The molecule has 0 saturated carbocycles. The lowest BCUT2D eigenvalue weighted by Gasteiger charge is -2.11. The summed E-state index contributed by atoms with van der Waals surface area (Å²) in [5, 5.41) is 4.40. The van der Waals surface area contributed by atoms with Crippen LogP contribution in [0.2, 0.25) is 0 Å². The van der Waals surface area contributed by atoms with E-state index < -0.39 is 10.0 Å². The van der Waals surface area contributed by atoms with Crippen LogP contribution in [0.4, 0.5) is 0 Å². The molecule has 1 rings (SSSR count). The predicted octanol–water partition coefficient (Wildman–Crippen LogP) is 1.03. The van der Waals surface area contributed by atoms with Crippen molar-refractivity contribution in [3.63, 3.8) is 0 Å². The summed E-state index contributed by atoms with van der Waals surface area (Å²) in [5.74, 6) is 1.78. The molecule has 1 aliphatic rings. The maximum atomic E-state index is 10.8. The summed E-state index contributed by atoms with van der Waals surface area (Å²) in [6.07, 6.45) is 3.07. The highest BCUT2D eigenvalue weighted by Crippen LogP contribution is 2.18. The molecule has 0 bridgehead atoms. The third-order valence-corrected chi connectivity index (χ3v) is 4.28. The van der Waals surface area contributed by atoms with E-state index in [4.69, 9.17) is 0 Å². The van der Waals surface area contributed by atoms with Crippen LogP contribution in [-0.4, -0.2) is 44.7 Å². The molecule has 0 spiro atoms. The van der Waals surface area contributed by atoms with Crippen LogP contribution in [0.1, 0.15) is 26.7 Å². The number of amidine groups is 1. The minimum Gasteiger partial charge on any atom is -0.361 e. The number of rotatable bonds is 7. The number of thioether (sulfide) groups is 1. The zero-order valence-electron chi connectivity index (χ0n) is 11.3. The van der Waals surface area contributed by atoms with Gasteiger partial charge in [0.05, 0.1) is 6.26 Å². The number of nitrogens with one attached hydrogen (secondary N) is 2. The third-order valence-electron chi connectivity index (χ3n) is 2.46. The lowest BCUT2D eigenvalue weighted by molar-refractivity contribution is 0.502. The van der Waals surface area contributed by atoms with Crippen LogP contribution < -0.4 is 10.0 Å². The van der Waals surface area contributed by atoms with Gasteiger partial charge >= 0.3 is 0 Å². The van der Waals surface area contributed by atoms with Crippen LogP contribution in [0.25, 0.3) is 0 Å². The Kier molecular flexibility index (Phi) is 6.45. The average Bonchev–Trinajstić information content (AvgIpc) is 2.62. The fourth-order valence-electron chi connectivity index (χ4n) is 1.74. The SMILES string of the molecule is CC(C)CC1CSC(=NCCCNS(C)(=O)=O)N1. The van der Waals surface area contributed by atoms with E-state index in [2.05, 4.69) is 28.9 Å². The second kappa shape index (κ2) is 7.35. The number of nitrogens with zero attached hydrogens (tertiary/aromatic N) is 1. The van der Waals surface area contributed by atoms with Gasteiger partial charge < -0.3 is 5.32 Å². The Morgan fingerprint density at radius 3 is 2.89 bits per heavy atom. The molecule has 1 fully saturated rings. The first-order chi connectivity index (χ1) is 8.37. The second-order valence-corrected chi connectivity index (χ2v) is 7.83. The molecule has 5 nitrogen and oxygen atoms in total. The van der Waals surface area contributed by atoms with Crippen molar-refractivity contribution >= 4 is 27.0 Å². The van der Waals surface area contributed by atoms with Gasteiger partial charge in [-0.1, -0.05) is 25.6 Å². The predicted molar refractivity (Wildman–Crippen MR) is 78.6 cm³/mol. The first-order valence-corrected chi connectivity index (χ1v) is 9.13. The Morgan fingerprint density at radius 1 is 1.56 bits per heavy atom. The van der Waals surface area contributed by atoms with Crippen molar-refractivity contribution in [3.8, 4) is 0 Å². The molecule has 1 aliphatic heterocycles. The Morgan fingerprint density at radius 2 is 2.28 bits per heavy atom. The minimum atomic E-state index is -3.07. The van der Waals surface area contributed by atoms with Crippen molar-refractivity contribution in [2.24, 2.45) is 10.9 Å². The number of sulfonamides is 1. The quantitative estimate of drug-likeness (QED) is 0.688. The fraction of sp³-hybridized carbons (Fsp3) is 0.909. The second-order valence-electron chi connectivity index (χ2n) is 4.99. The summed E-state index contributed by atoms with van der Waals surface area (Å²) in [4.78, 5) is 4.43. The molecule has 0 radical (unpaired) electrons. The van der Waals surface area contributed by atoms with Crippen molar-refractivity contribution in [2.45, 2.75) is 32.7 Å². The fourth-order valence-corrected chi connectivity index (χ4v) is 3.27. The normalized spacial score (nSPS) is 22.7. The minimum absolute atomic E-state index is 0.454. The maximum Gasteiger partial charge on any atom is 0.208 e. The van der Waals surface area contributed by atoms with E-state index in [9.17, 15) is 8.42 Å². The molecule has 1 unspecified atom stereocenters. The van der Waals surface area contributed by atoms with Crippen molar-refractivity contribution in [2.75, 3.05) is 25.1 Å². The van der Waals surface area contributed by atoms with Gasteiger partial charge in [0.2, 0.25) is 10.0 Å². The van der Waals surface area contributed by atoms with E-state index in [1.165, 1.54) is 12.7 Å². The summed E-state index contributed by atoms with van der Waals surface area (Å²) in [5.41, 5.74) is 0. The Hall–Kier alpha value is -0.270. The van der Waals surface area contributed by atoms with Gasteiger partial charge in [-0.05, 0) is 18.8 Å². The summed E-state index contributed by atoms with van der Waals surface area (Å²) in [6.45, 7) is 5.55. The summed E-state index contributed by atoms with van der Waals surface area (Å²) >= 11 is 1.76. The van der Waals surface area contributed by atoms with E-state index in [0.717, 1.165) is 17.3 Å². The maximum absolute atomic E-state index is 10.8. The zero-order chi connectivity index (χ0) is 13.6. The van der Waals surface area contributed by atoms with Gasteiger partial charge in [0.15, 0.2) is 5.17 Å².